The lowest BCUT2D eigenvalue weighted by Gasteiger charge is -2.26. The van der Waals surface area contributed by atoms with Gasteiger partial charge in [-0.2, -0.15) is 10.2 Å². The molecule has 0 saturated heterocycles. The first-order valence-corrected chi connectivity index (χ1v) is 7.32. The molecule has 0 bridgehead atoms. The van der Waals surface area contributed by atoms with E-state index in [1.54, 1.807) is 26.0 Å². The van der Waals surface area contributed by atoms with Crippen molar-refractivity contribution in [3.05, 3.63) is 39.9 Å². The predicted octanol–water partition coefficient (Wildman–Crippen LogP) is 0.922. The Morgan fingerprint density at radius 3 is 1.79 bits per heavy atom. The van der Waals surface area contributed by atoms with Crippen LogP contribution in [-0.2, 0) is 9.59 Å². The van der Waals surface area contributed by atoms with Gasteiger partial charge in [-0.25, -0.2) is 10.9 Å². The number of hydrazone groups is 2. The van der Waals surface area contributed by atoms with Crippen LogP contribution in [0.5, 0.6) is 0 Å². The van der Waals surface area contributed by atoms with Gasteiger partial charge < -0.3 is 0 Å². The van der Waals surface area contributed by atoms with E-state index < -0.39 is 22.7 Å². The average Bonchev–Trinajstić information content (AvgIpc) is 3.05. The summed E-state index contributed by atoms with van der Waals surface area (Å²) in [5.74, 6) is -2.41. The summed E-state index contributed by atoms with van der Waals surface area (Å²) in [6, 6.07) is 5.86. The topological polar surface area (TPSA) is 126 Å². The van der Waals surface area contributed by atoms with E-state index in [4.69, 9.17) is 0 Å². The van der Waals surface area contributed by atoms with E-state index in [-0.39, 0.29) is 17.5 Å². The lowest BCUT2D eigenvalue weighted by atomic mass is 9.73. The van der Waals surface area contributed by atoms with Gasteiger partial charge in [0, 0.05) is 29.5 Å². The van der Waals surface area contributed by atoms with E-state index in [0.717, 1.165) is 0 Å². The average molecular weight is 329 g/mol. The van der Waals surface area contributed by atoms with Crippen LogP contribution in [0, 0.1) is 22.0 Å². The minimum Gasteiger partial charge on any atom is -0.272 e. The summed E-state index contributed by atoms with van der Waals surface area (Å²) in [6.07, 6.45) is 0. The number of nitrogens with one attached hydrogen (secondary N) is 2. The van der Waals surface area contributed by atoms with Crippen LogP contribution in [0.15, 0.2) is 34.5 Å². The van der Waals surface area contributed by atoms with E-state index in [1.807, 2.05) is 0 Å². The van der Waals surface area contributed by atoms with Gasteiger partial charge in [-0.1, -0.05) is 12.1 Å². The van der Waals surface area contributed by atoms with E-state index in [1.165, 1.54) is 12.1 Å². The Hall–Kier alpha value is -3.10. The SMILES string of the molecule is CC1=NNC(=O)[C@H]1C(c1ccc([N+](=O)[O-])cc1)[C@H]1C(=O)NN=C1C. The second-order valence-electron chi connectivity index (χ2n) is 5.79. The number of hydrogen-bond acceptors (Lipinski definition) is 6. The lowest BCUT2D eigenvalue weighted by molar-refractivity contribution is -0.384. The van der Waals surface area contributed by atoms with Gasteiger partial charge in [-0.05, 0) is 19.4 Å². The van der Waals surface area contributed by atoms with Gasteiger partial charge in [0.25, 0.3) is 5.69 Å². The summed E-state index contributed by atoms with van der Waals surface area (Å²) in [6.45, 7) is 3.42. The van der Waals surface area contributed by atoms with Crippen LogP contribution in [0.1, 0.15) is 25.3 Å². The van der Waals surface area contributed by atoms with Gasteiger partial charge in [0.15, 0.2) is 0 Å². The van der Waals surface area contributed by atoms with E-state index in [9.17, 15) is 19.7 Å². The maximum Gasteiger partial charge on any atom is 0.269 e. The van der Waals surface area contributed by atoms with Gasteiger partial charge in [0.05, 0.1) is 16.8 Å². The van der Waals surface area contributed by atoms with Crippen molar-refractivity contribution in [2.24, 2.45) is 22.0 Å². The first-order chi connectivity index (χ1) is 11.4. The molecule has 9 nitrogen and oxygen atoms in total. The minimum absolute atomic E-state index is 0.0555. The molecule has 3 rings (SSSR count). The first kappa shape index (κ1) is 15.8. The molecule has 0 spiro atoms. The number of carbonyl (C=O) groups is 2. The van der Waals surface area contributed by atoms with Crippen LogP contribution in [0.25, 0.3) is 0 Å². The molecule has 0 aliphatic carbocycles. The highest BCUT2D eigenvalue weighted by atomic mass is 16.6. The molecular formula is C15H15N5O4. The number of nitrogens with zero attached hydrogens (tertiary/aromatic N) is 3. The van der Waals surface area contributed by atoms with Crippen molar-refractivity contribution in [1.29, 1.82) is 0 Å². The van der Waals surface area contributed by atoms with Gasteiger partial charge in [-0.3, -0.25) is 19.7 Å². The maximum atomic E-state index is 12.2. The summed E-state index contributed by atoms with van der Waals surface area (Å²) < 4.78 is 0. The molecule has 1 unspecified atom stereocenters. The van der Waals surface area contributed by atoms with E-state index in [0.29, 0.717) is 17.0 Å². The number of non-ortho nitro benzene ring substituents is 1. The van der Waals surface area contributed by atoms with Gasteiger partial charge in [0.2, 0.25) is 11.8 Å². The molecule has 2 aliphatic rings. The van der Waals surface area contributed by atoms with Crippen LogP contribution in [0.2, 0.25) is 0 Å². The summed E-state index contributed by atoms with van der Waals surface area (Å²) in [7, 11) is 0. The second kappa shape index (κ2) is 5.84. The van der Waals surface area contributed by atoms with Gasteiger partial charge in [0.1, 0.15) is 0 Å². The first-order valence-electron chi connectivity index (χ1n) is 7.32. The number of nitro benzene ring substituents is 1. The lowest BCUT2D eigenvalue weighted by Crippen LogP contribution is -2.38. The highest BCUT2D eigenvalue weighted by Gasteiger charge is 2.45. The van der Waals surface area contributed by atoms with Crippen molar-refractivity contribution in [3.63, 3.8) is 0 Å². The van der Waals surface area contributed by atoms with Crippen molar-refractivity contribution in [2.75, 3.05) is 0 Å². The molecule has 0 radical (unpaired) electrons. The smallest absolute Gasteiger partial charge is 0.269 e. The fraction of sp³-hybridized carbons (Fsp3) is 0.333. The van der Waals surface area contributed by atoms with Crippen LogP contribution >= 0.6 is 0 Å². The van der Waals surface area contributed by atoms with Crippen LogP contribution < -0.4 is 10.9 Å². The number of nitro groups is 1. The monoisotopic (exact) mass is 329 g/mol. The van der Waals surface area contributed by atoms with Crippen molar-refractivity contribution < 1.29 is 14.5 Å². The Balaban J connectivity index is 2.07. The number of carbonyl (C=O) groups excluding carboxylic acids is 2. The molecule has 3 atom stereocenters. The van der Waals surface area contributed by atoms with Crippen molar-refractivity contribution in [3.8, 4) is 0 Å². The number of benzene rings is 1. The largest absolute Gasteiger partial charge is 0.272 e. The molecule has 0 aromatic heterocycles. The number of hydrogen-bond donors (Lipinski definition) is 2. The molecule has 1 aromatic rings. The van der Waals surface area contributed by atoms with Gasteiger partial charge >= 0.3 is 0 Å². The fourth-order valence-electron chi connectivity index (χ4n) is 3.19. The molecule has 2 N–H and O–H groups in total. The third kappa shape index (κ3) is 2.53. The zero-order valence-corrected chi connectivity index (χ0v) is 13.0. The van der Waals surface area contributed by atoms with Crippen LogP contribution in [-0.4, -0.2) is 28.2 Å². The zero-order chi connectivity index (χ0) is 17.4. The van der Waals surface area contributed by atoms with Crippen molar-refractivity contribution in [2.45, 2.75) is 19.8 Å². The molecule has 0 saturated carbocycles. The summed E-state index contributed by atoms with van der Waals surface area (Å²) >= 11 is 0. The normalized spacial score (nSPS) is 24.1. The van der Waals surface area contributed by atoms with Crippen molar-refractivity contribution in [1.82, 2.24) is 10.9 Å². The Labute approximate surface area is 137 Å². The maximum absolute atomic E-state index is 12.2. The molecule has 24 heavy (non-hydrogen) atoms. The Morgan fingerprint density at radius 1 is 1.00 bits per heavy atom. The van der Waals surface area contributed by atoms with Crippen LogP contribution in [0.4, 0.5) is 5.69 Å². The highest BCUT2D eigenvalue weighted by Crippen LogP contribution is 2.38. The van der Waals surface area contributed by atoms with Gasteiger partial charge in [-0.15, -0.1) is 0 Å². The molecule has 124 valence electrons. The molecule has 1 aromatic carbocycles. The Morgan fingerprint density at radius 2 is 1.46 bits per heavy atom. The van der Waals surface area contributed by atoms with Crippen molar-refractivity contribution >= 4 is 28.9 Å². The Bertz CT molecular complexity index is 746. The summed E-state index contributed by atoms with van der Waals surface area (Å²) in [4.78, 5) is 34.8. The molecule has 2 heterocycles. The summed E-state index contributed by atoms with van der Waals surface area (Å²) in [5.41, 5.74) is 6.57. The fourth-order valence-corrected chi connectivity index (χ4v) is 3.19. The van der Waals surface area contributed by atoms with Crippen LogP contribution in [0.3, 0.4) is 0 Å². The molecular weight excluding hydrogens is 314 g/mol. The quantitative estimate of drug-likeness (QED) is 0.629. The zero-order valence-electron chi connectivity index (χ0n) is 13.0. The minimum atomic E-state index is -0.634. The highest BCUT2D eigenvalue weighted by molar-refractivity contribution is 6.12. The molecule has 2 amide bonds. The number of amides is 2. The second-order valence-corrected chi connectivity index (χ2v) is 5.79. The third-order valence-electron chi connectivity index (χ3n) is 4.36. The predicted molar refractivity (Wildman–Crippen MR) is 85.3 cm³/mol. The molecule has 2 aliphatic heterocycles. The standard InChI is InChI=1S/C15H15N5O4/c1-7-11(14(21)18-16-7)13(12-8(2)17-19-15(12)22)9-3-5-10(6-4-9)20(23)24/h3-6,11-13H,1-2H3,(H,18,21)(H,19,22)/t11-,12+,13?. The summed E-state index contributed by atoms with van der Waals surface area (Å²) in [5, 5.41) is 18.7. The Kier molecular flexibility index (Phi) is 3.84. The molecule has 9 heteroatoms. The number of rotatable bonds is 4. The molecule has 0 fully saturated rings. The third-order valence-corrected chi connectivity index (χ3v) is 4.36. The van der Waals surface area contributed by atoms with E-state index >= 15 is 0 Å². The van der Waals surface area contributed by atoms with E-state index in [2.05, 4.69) is 21.1 Å².